The fourth-order valence-corrected chi connectivity index (χ4v) is 4.39. The minimum Gasteiger partial charge on any atom is -0.301 e. The van der Waals surface area contributed by atoms with E-state index in [1.165, 1.54) is 34.4 Å². The van der Waals surface area contributed by atoms with Gasteiger partial charge in [-0.05, 0) is 19.1 Å². The van der Waals surface area contributed by atoms with Gasteiger partial charge < -0.3 is 5.32 Å². The summed E-state index contributed by atoms with van der Waals surface area (Å²) < 4.78 is 0.758. The van der Waals surface area contributed by atoms with Crippen molar-refractivity contribution in [2.75, 3.05) is 5.32 Å². The van der Waals surface area contributed by atoms with E-state index in [1.807, 2.05) is 18.4 Å². The lowest BCUT2D eigenvalue weighted by Gasteiger charge is -2.07. The number of anilines is 1. The lowest BCUT2D eigenvalue weighted by atomic mass is 10.2. The first-order chi connectivity index (χ1) is 11.5. The molecule has 0 bridgehead atoms. The summed E-state index contributed by atoms with van der Waals surface area (Å²) in [4.78, 5) is 16.7. The highest BCUT2D eigenvalue weighted by atomic mass is 35.5. The normalized spacial score (nSPS) is 12.1. The topological polar surface area (TPSA) is 67.8 Å². The monoisotopic (exact) mass is 416 g/mol. The number of nitrogens with one attached hydrogen (secondary N) is 1. The van der Waals surface area contributed by atoms with Crippen LogP contribution in [0, 0.1) is 0 Å². The van der Waals surface area contributed by atoms with Crippen molar-refractivity contribution in [2.45, 2.75) is 16.5 Å². The number of nitrogens with zero attached hydrogens (tertiary/aromatic N) is 3. The molecule has 3 rings (SSSR count). The summed E-state index contributed by atoms with van der Waals surface area (Å²) in [5.41, 5.74) is 3.22. The molecule has 0 saturated heterocycles. The first-order valence-corrected chi connectivity index (χ1v) is 10.1. The largest absolute Gasteiger partial charge is 0.301 e. The van der Waals surface area contributed by atoms with Crippen molar-refractivity contribution < 1.29 is 4.79 Å². The van der Waals surface area contributed by atoms with Crippen molar-refractivity contribution in [3.8, 4) is 11.3 Å². The van der Waals surface area contributed by atoms with Crippen LogP contribution in [-0.4, -0.2) is 26.3 Å². The van der Waals surface area contributed by atoms with Crippen LogP contribution in [0.5, 0.6) is 0 Å². The van der Waals surface area contributed by atoms with E-state index in [9.17, 15) is 4.79 Å². The Morgan fingerprint density at radius 3 is 2.83 bits per heavy atom. The van der Waals surface area contributed by atoms with Gasteiger partial charge in [0.15, 0.2) is 9.47 Å². The molecule has 1 amide bonds. The molecular formula is C14H10Cl2N4OS3. The van der Waals surface area contributed by atoms with E-state index >= 15 is 0 Å². The van der Waals surface area contributed by atoms with Crippen LogP contribution in [0.15, 0.2) is 33.4 Å². The van der Waals surface area contributed by atoms with E-state index < -0.39 is 0 Å². The van der Waals surface area contributed by atoms with Crippen LogP contribution < -0.4 is 5.32 Å². The third-order valence-electron chi connectivity index (χ3n) is 2.94. The van der Waals surface area contributed by atoms with Crippen molar-refractivity contribution in [3.05, 3.63) is 39.1 Å². The van der Waals surface area contributed by atoms with Gasteiger partial charge in [0, 0.05) is 10.9 Å². The minimum atomic E-state index is -0.296. The van der Waals surface area contributed by atoms with Crippen LogP contribution in [0.3, 0.4) is 0 Å². The van der Waals surface area contributed by atoms with E-state index in [2.05, 4.69) is 20.5 Å². The lowest BCUT2D eigenvalue weighted by Crippen LogP contribution is -2.22. The zero-order valence-electron chi connectivity index (χ0n) is 12.2. The average molecular weight is 417 g/mol. The summed E-state index contributed by atoms with van der Waals surface area (Å²) in [7, 11) is 0. The molecule has 0 unspecified atom stereocenters. The SMILES string of the molecule is C[C@@H](Sc1nncs1)C(=O)Nc1nc(-c2ccc(Cl)c(Cl)c2)cs1. The molecule has 124 valence electrons. The van der Waals surface area contributed by atoms with Crippen LogP contribution in [0.2, 0.25) is 10.0 Å². The van der Waals surface area contributed by atoms with E-state index in [1.54, 1.807) is 17.6 Å². The Hall–Kier alpha value is -1.19. The highest BCUT2D eigenvalue weighted by molar-refractivity contribution is 8.02. The molecule has 0 radical (unpaired) electrons. The van der Waals surface area contributed by atoms with Gasteiger partial charge in [-0.1, -0.05) is 52.4 Å². The molecule has 24 heavy (non-hydrogen) atoms. The first-order valence-electron chi connectivity index (χ1n) is 6.67. The van der Waals surface area contributed by atoms with Crippen LogP contribution in [0.4, 0.5) is 5.13 Å². The summed E-state index contributed by atoms with van der Waals surface area (Å²) in [5.74, 6) is -0.134. The molecule has 0 aliphatic heterocycles. The summed E-state index contributed by atoms with van der Waals surface area (Å²) in [6.45, 7) is 1.81. The van der Waals surface area contributed by atoms with Gasteiger partial charge >= 0.3 is 0 Å². The van der Waals surface area contributed by atoms with Crippen LogP contribution in [-0.2, 0) is 4.79 Å². The van der Waals surface area contributed by atoms with Crippen molar-refractivity contribution >= 4 is 68.7 Å². The molecule has 2 aromatic heterocycles. The van der Waals surface area contributed by atoms with Gasteiger partial charge in [0.25, 0.3) is 0 Å². The highest BCUT2D eigenvalue weighted by Crippen LogP contribution is 2.31. The quantitative estimate of drug-likeness (QED) is 0.586. The van der Waals surface area contributed by atoms with Gasteiger partial charge in [0.2, 0.25) is 5.91 Å². The predicted molar refractivity (Wildman–Crippen MR) is 101 cm³/mol. The fraction of sp³-hybridized carbons (Fsp3) is 0.143. The fourth-order valence-electron chi connectivity index (χ4n) is 1.75. The van der Waals surface area contributed by atoms with Gasteiger partial charge in [0.1, 0.15) is 5.51 Å². The van der Waals surface area contributed by atoms with Crippen molar-refractivity contribution in [2.24, 2.45) is 0 Å². The Balaban J connectivity index is 1.67. The smallest absolute Gasteiger partial charge is 0.239 e. The van der Waals surface area contributed by atoms with Crippen molar-refractivity contribution in [1.82, 2.24) is 15.2 Å². The van der Waals surface area contributed by atoms with Crippen molar-refractivity contribution in [1.29, 1.82) is 0 Å². The number of hydrogen-bond donors (Lipinski definition) is 1. The number of amides is 1. The first kappa shape index (κ1) is 17.6. The molecular weight excluding hydrogens is 407 g/mol. The average Bonchev–Trinajstić information content (AvgIpc) is 3.22. The number of hydrogen-bond acceptors (Lipinski definition) is 7. The summed E-state index contributed by atoms with van der Waals surface area (Å²) in [6, 6.07) is 5.30. The highest BCUT2D eigenvalue weighted by Gasteiger charge is 2.18. The van der Waals surface area contributed by atoms with Crippen LogP contribution in [0.25, 0.3) is 11.3 Å². The van der Waals surface area contributed by atoms with Gasteiger partial charge in [0.05, 0.1) is 21.0 Å². The zero-order chi connectivity index (χ0) is 17.1. The number of benzene rings is 1. The van der Waals surface area contributed by atoms with Gasteiger partial charge in [-0.2, -0.15) is 0 Å². The van der Waals surface area contributed by atoms with Gasteiger partial charge in [-0.25, -0.2) is 4.98 Å². The lowest BCUT2D eigenvalue weighted by molar-refractivity contribution is -0.115. The number of aromatic nitrogens is 3. The molecule has 0 aliphatic rings. The number of rotatable bonds is 5. The molecule has 0 spiro atoms. The predicted octanol–water partition coefficient (Wildman–Crippen LogP) is 5.09. The van der Waals surface area contributed by atoms with E-state index in [0.29, 0.717) is 15.2 Å². The summed E-state index contributed by atoms with van der Waals surface area (Å²) >= 11 is 16.1. The minimum absolute atomic E-state index is 0.134. The van der Waals surface area contributed by atoms with E-state index in [4.69, 9.17) is 23.2 Å². The zero-order valence-corrected chi connectivity index (χ0v) is 16.2. The van der Waals surface area contributed by atoms with E-state index in [-0.39, 0.29) is 11.2 Å². The molecule has 10 heteroatoms. The Labute approximate surface area is 160 Å². The standard InChI is InChI=1S/C14H10Cl2N4OS3/c1-7(24-14-20-17-6-23-14)12(21)19-13-18-11(5-22-13)8-2-3-9(15)10(16)4-8/h2-7H,1H3,(H,18,19,21)/t7-/m1/s1. The maximum Gasteiger partial charge on any atom is 0.239 e. The molecule has 0 saturated carbocycles. The number of thiazole rings is 1. The Morgan fingerprint density at radius 1 is 1.29 bits per heavy atom. The number of carbonyl (C=O) groups is 1. The van der Waals surface area contributed by atoms with Gasteiger partial charge in [-0.3, -0.25) is 4.79 Å². The second-order valence-electron chi connectivity index (χ2n) is 4.62. The molecule has 1 aromatic carbocycles. The maximum absolute atomic E-state index is 12.2. The second-order valence-corrected chi connectivity index (χ2v) is 8.71. The molecule has 3 aromatic rings. The Morgan fingerprint density at radius 2 is 2.12 bits per heavy atom. The number of carbonyl (C=O) groups excluding carboxylic acids is 1. The third-order valence-corrected chi connectivity index (χ3v) is 6.34. The van der Waals surface area contributed by atoms with E-state index in [0.717, 1.165) is 15.6 Å². The molecule has 1 N–H and O–H groups in total. The summed E-state index contributed by atoms with van der Waals surface area (Å²) in [6.07, 6.45) is 0. The Kier molecular flexibility index (Phi) is 5.72. The molecule has 0 aliphatic carbocycles. The molecule has 0 fully saturated rings. The second kappa shape index (κ2) is 7.79. The maximum atomic E-state index is 12.2. The third kappa shape index (κ3) is 4.25. The molecule has 5 nitrogen and oxygen atoms in total. The van der Waals surface area contributed by atoms with Crippen molar-refractivity contribution in [3.63, 3.8) is 0 Å². The van der Waals surface area contributed by atoms with Crippen LogP contribution >= 0.6 is 57.6 Å². The Bertz CT molecular complexity index is 854. The van der Waals surface area contributed by atoms with Gasteiger partial charge in [-0.15, -0.1) is 21.5 Å². The van der Waals surface area contributed by atoms with Crippen LogP contribution in [0.1, 0.15) is 6.92 Å². The number of halogens is 2. The summed E-state index contributed by atoms with van der Waals surface area (Å²) in [5, 5.41) is 13.5. The molecule has 2 heterocycles. The number of thioether (sulfide) groups is 1. The molecule has 1 atom stereocenters.